The van der Waals surface area contributed by atoms with E-state index >= 15 is 0 Å². The van der Waals surface area contributed by atoms with Crippen LogP contribution in [0.1, 0.15) is 33.1 Å². The number of hydrogen-bond donors (Lipinski definition) is 1. The molecule has 0 aliphatic heterocycles. The molecule has 0 bridgehead atoms. The molecule has 9 heteroatoms. The Morgan fingerprint density at radius 1 is 1.22 bits per heavy atom. The van der Waals surface area contributed by atoms with E-state index in [1.54, 1.807) is 6.07 Å². The molecule has 1 amide bonds. The first-order chi connectivity index (χ1) is 12.8. The zero-order chi connectivity index (χ0) is 19.7. The first kappa shape index (κ1) is 18.3. The van der Waals surface area contributed by atoms with Crippen LogP contribution >= 0.6 is 0 Å². The van der Waals surface area contributed by atoms with Crippen molar-refractivity contribution in [2.24, 2.45) is 7.05 Å². The molecule has 2 aromatic heterocycles. The van der Waals surface area contributed by atoms with Gasteiger partial charge in [0.1, 0.15) is 5.69 Å². The first-order valence-corrected chi connectivity index (χ1v) is 8.35. The first-order valence-electron chi connectivity index (χ1n) is 8.35. The van der Waals surface area contributed by atoms with Gasteiger partial charge >= 0.3 is 5.69 Å². The lowest BCUT2D eigenvalue weighted by Gasteiger charge is -2.09. The lowest BCUT2D eigenvalue weighted by Crippen LogP contribution is -2.17. The van der Waals surface area contributed by atoms with Crippen molar-refractivity contribution in [1.29, 1.82) is 0 Å². The molecule has 0 atom stereocenters. The molecule has 3 aromatic rings. The number of anilines is 1. The number of benzene rings is 1. The standard InChI is InChI=1S/C18H20N6O3/c1-11-8-12(2)23(20-11)10-14-6-5-7-15(9-14)19-18(25)17-16(24(26)27)13(3)21-22(17)4/h5-9H,10H2,1-4H3,(H,19,25). The minimum Gasteiger partial charge on any atom is -0.320 e. The molecule has 0 radical (unpaired) electrons. The van der Waals surface area contributed by atoms with Crippen molar-refractivity contribution in [2.75, 3.05) is 5.32 Å². The molecule has 0 saturated carbocycles. The topological polar surface area (TPSA) is 108 Å². The Hall–Kier alpha value is -3.49. The highest BCUT2D eigenvalue weighted by Crippen LogP contribution is 2.23. The zero-order valence-electron chi connectivity index (χ0n) is 15.6. The van der Waals surface area contributed by atoms with Gasteiger partial charge in [0.15, 0.2) is 0 Å². The molecule has 9 nitrogen and oxygen atoms in total. The third-order valence-corrected chi connectivity index (χ3v) is 4.21. The number of aromatic nitrogens is 4. The van der Waals surface area contributed by atoms with Crippen LogP contribution in [0.5, 0.6) is 0 Å². The highest BCUT2D eigenvalue weighted by molar-refractivity contribution is 6.06. The van der Waals surface area contributed by atoms with Gasteiger partial charge in [0.05, 0.1) is 17.2 Å². The normalized spacial score (nSPS) is 10.8. The highest BCUT2D eigenvalue weighted by atomic mass is 16.6. The number of hydrogen-bond acceptors (Lipinski definition) is 5. The smallest absolute Gasteiger partial charge is 0.320 e. The van der Waals surface area contributed by atoms with Crippen molar-refractivity contribution in [3.05, 3.63) is 68.8 Å². The summed E-state index contributed by atoms with van der Waals surface area (Å²) in [4.78, 5) is 23.3. The van der Waals surface area contributed by atoms with Crippen LogP contribution in [0.3, 0.4) is 0 Å². The molecule has 0 saturated heterocycles. The summed E-state index contributed by atoms with van der Waals surface area (Å²) in [6.45, 7) is 5.98. The number of nitrogens with zero attached hydrogens (tertiary/aromatic N) is 5. The van der Waals surface area contributed by atoms with E-state index in [1.807, 2.05) is 42.8 Å². The fourth-order valence-electron chi connectivity index (χ4n) is 3.07. The quantitative estimate of drug-likeness (QED) is 0.550. The predicted octanol–water partition coefficient (Wildman–Crippen LogP) is 2.75. The Kier molecular flexibility index (Phi) is 4.76. The molecule has 1 aromatic carbocycles. The SMILES string of the molecule is Cc1cc(C)n(Cc2cccc(NC(=O)c3c([N+](=O)[O-])c(C)nn3C)c2)n1. The molecule has 0 aliphatic carbocycles. The lowest BCUT2D eigenvalue weighted by molar-refractivity contribution is -0.385. The van der Waals surface area contributed by atoms with Crippen molar-refractivity contribution >= 4 is 17.3 Å². The molecule has 2 heterocycles. The molecule has 3 rings (SSSR count). The Morgan fingerprint density at radius 2 is 1.96 bits per heavy atom. The largest absolute Gasteiger partial charge is 0.322 e. The maximum absolute atomic E-state index is 12.6. The number of nitrogens with one attached hydrogen (secondary N) is 1. The van der Waals surface area contributed by atoms with Crippen molar-refractivity contribution < 1.29 is 9.72 Å². The van der Waals surface area contributed by atoms with E-state index in [1.165, 1.54) is 18.7 Å². The van der Waals surface area contributed by atoms with Gasteiger partial charge in [0, 0.05) is 18.4 Å². The minimum absolute atomic E-state index is 0.0820. The highest BCUT2D eigenvalue weighted by Gasteiger charge is 2.29. The minimum atomic E-state index is -0.587. The maximum atomic E-state index is 12.6. The molecule has 140 valence electrons. The Morgan fingerprint density at radius 3 is 2.59 bits per heavy atom. The molecule has 0 spiro atoms. The second kappa shape index (κ2) is 7.02. The number of nitro groups is 1. The Labute approximate surface area is 155 Å². The van der Waals surface area contributed by atoms with E-state index in [2.05, 4.69) is 15.5 Å². The molecule has 0 unspecified atom stereocenters. The summed E-state index contributed by atoms with van der Waals surface area (Å²) in [7, 11) is 1.51. The summed E-state index contributed by atoms with van der Waals surface area (Å²) in [5.74, 6) is -0.576. The number of carbonyl (C=O) groups is 1. The summed E-state index contributed by atoms with van der Waals surface area (Å²) in [6.07, 6.45) is 0. The van der Waals surface area contributed by atoms with Crippen molar-refractivity contribution in [2.45, 2.75) is 27.3 Å². The summed E-state index contributed by atoms with van der Waals surface area (Å²) in [5, 5.41) is 22.4. The van der Waals surface area contributed by atoms with Gasteiger partial charge in [-0.1, -0.05) is 12.1 Å². The van der Waals surface area contributed by atoms with Crippen LogP contribution < -0.4 is 5.32 Å². The third-order valence-electron chi connectivity index (χ3n) is 4.21. The van der Waals surface area contributed by atoms with Gasteiger partial charge in [0.2, 0.25) is 5.69 Å². The average molecular weight is 368 g/mol. The predicted molar refractivity (Wildman–Crippen MR) is 99.8 cm³/mol. The van der Waals surface area contributed by atoms with Gasteiger partial charge in [-0.2, -0.15) is 10.2 Å². The number of carbonyl (C=O) groups excluding carboxylic acids is 1. The van der Waals surface area contributed by atoms with Gasteiger partial charge in [0.25, 0.3) is 5.91 Å². The van der Waals surface area contributed by atoms with Crippen LogP contribution in [0.15, 0.2) is 30.3 Å². The molecular weight excluding hydrogens is 348 g/mol. The maximum Gasteiger partial charge on any atom is 0.322 e. The second-order valence-electron chi connectivity index (χ2n) is 6.40. The van der Waals surface area contributed by atoms with E-state index in [9.17, 15) is 14.9 Å². The fraction of sp³-hybridized carbons (Fsp3) is 0.278. The Bertz CT molecular complexity index is 1030. The molecule has 1 N–H and O–H groups in total. The fourth-order valence-corrected chi connectivity index (χ4v) is 3.07. The molecular formula is C18H20N6O3. The van der Waals surface area contributed by atoms with Crippen LogP contribution in [0.2, 0.25) is 0 Å². The average Bonchev–Trinajstić information content (AvgIpc) is 3.05. The molecule has 27 heavy (non-hydrogen) atoms. The summed E-state index contributed by atoms with van der Waals surface area (Å²) in [6, 6.07) is 9.30. The number of amides is 1. The van der Waals surface area contributed by atoms with Gasteiger partial charge in [-0.15, -0.1) is 0 Å². The van der Waals surface area contributed by atoms with E-state index in [-0.39, 0.29) is 17.1 Å². The monoisotopic (exact) mass is 368 g/mol. The molecule has 0 aliphatic rings. The van der Waals surface area contributed by atoms with Crippen molar-refractivity contribution in [1.82, 2.24) is 19.6 Å². The van der Waals surface area contributed by atoms with Crippen LogP contribution in [-0.2, 0) is 13.6 Å². The number of rotatable bonds is 5. The van der Waals surface area contributed by atoms with Gasteiger partial charge in [-0.25, -0.2) is 0 Å². The van der Waals surface area contributed by atoms with Gasteiger partial charge < -0.3 is 5.32 Å². The Balaban J connectivity index is 1.84. The van der Waals surface area contributed by atoms with E-state index < -0.39 is 10.8 Å². The number of aryl methyl sites for hydroxylation is 4. The zero-order valence-corrected chi connectivity index (χ0v) is 15.6. The van der Waals surface area contributed by atoms with Crippen molar-refractivity contribution in [3.8, 4) is 0 Å². The van der Waals surface area contributed by atoms with Crippen LogP contribution in [-0.4, -0.2) is 30.4 Å². The third kappa shape index (κ3) is 3.71. The van der Waals surface area contributed by atoms with Crippen molar-refractivity contribution in [3.63, 3.8) is 0 Å². The van der Waals surface area contributed by atoms with E-state index in [0.29, 0.717) is 12.2 Å². The summed E-state index contributed by atoms with van der Waals surface area (Å²) in [5.41, 5.74) is 3.32. The van der Waals surface area contributed by atoms with Crippen LogP contribution in [0.25, 0.3) is 0 Å². The van der Waals surface area contributed by atoms with Crippen LogP contribution in [0, 0.1) is 30.9 Å². The lowest BCUT2D eigenvalue weighted by atomic mass is 10.2. The van der Waals surface area contributed by atoms with Crippen LogP contribution in [0.4, 0.5) is 11.4 Å². The van der Waals surface area contributed by atoms with Gasteiger partial charge in [-0.05, 0) is 44.5 Å². The molecule has 0 fully saturated rings. The van der Waals surface area contributed by atoms with E-state index in [4.69, 9.17) is 0 Å². The van der Waals surface area contributed by atoms with Gasteiger partial charge in [-0.3, -0.25) is 24.3 Å². The second-order valence-corrected chi connectivity index (χ2v) is 6.40. The summed E-state index contributed by atoms with van der Waals surface area (Å²) >= 11 is 0. The van der Waals surface area contributed by atoms with E-state index in [0.717, 1.165) is 17.0 Å². The summed E-state index contributed by atoms with van der Waals surface area (Å²) < 4.78 is 3.11.